The van der Waals surface area contributed by atoms with Gasteiger partial charge in [0, 0.05) is 11.1 Å². The van der Waals surface area contributed by atoms with Crippen molar-refractivity contribution in [2.24, 2.45) is 5.16 Å². The second-order valence-electron chi connectivity index (χ2n) is 8.31. The van der Waals surface area contributed by atoms with Gasteiger partial charge >= 0.3 is 0 Å². The van der Waals surface area contributed by atoms with Crippen molar-refractivity contribution in [1.29, 1.82) is 0 Å². The van der Waals surface area contributed by atoms with Crippen molar-refractivity contribution in [3.8, 4) is 28.7 Å². The average molecular weight is 502 g/mol. The van der Waals surface area contributed by atoms with Crippen LogP contribution in [0.25, 0.3) is 0 Å². The minimum atomic E-state index is 0.308. The fraction of sp³-hybridized carbons (Fsp3) is 0.0606. The number of rotatable bonds is 11. The molecule has 0 aromatic heterocycles. The number of hydrogen-bond donors (Lipinski definition) is 0. The van der Waals surface area contributed by atoms with Gasteiger partial charge in [-0.25, -0.2) is 0 Å². The highest BCUT2D eigenvalue weighted by molar-refractivity contribution is 6.12. The Balaban J connectivity index is 1.31. The predicted octanol–water partition coefficient (Wildman–Crippen LogP) is 8.12. The van der Waals surface area contributed by atoms with E-state index in [1.54, 1.807) is 0 Å². The predicted molar refractivity (Wildman–Crippen MR) is 149 cm³/mol. The van der Waals surface area contributed by atoms with Gasteiger partial charge in [-0.3, -0.25) is 0 Å². The molecule has 0 fully saturated rings. The van der Waals surface area contributed by atoms with Crippen molar-refractivity contribution < 1.29 is 19.0 Å². The summed E-state index contributed by atoms with van der Waals surface area (Å²) in [6.07, 6.45) is 0. The van der Waals surface area contributed by atoms with E-state index in [0.717, 1.165) is 39.9 Å². The fourth-order valence-corrected chi connectivity index (χ4v) is 3.71. The van der Waals surface area contributed by atoms with E-state index in [2.05, 4.69) is 5.16 Å². The van der Waals surface area contributed by atoms with Gasteiger partial charge in [-0.1, -0.05) is 59.8 Å². The maximum Gasteiger partial charge on any atom is 0.151 e. The molecule has 0 radical (unpaired) electrons. The van der Waals surface area contributed by atoms with Gasteiger partial charge in [-0.15, -0.1) is 0 Å². The highest BCUT2D eigenvalue weighted by atomic mass is 16.6. The van der Waals surface area contributed by atoms with Crippen LogP contribution in [-0.2, 0) is 4.84 Å². The van der Waals surface area contributed by atoms with E-state index >= 15 is 0 Å². The molecule has 0 heterocycles. The highest BCUT2D eigenvalue weighted by Gasteiger charge is 2.10. The third-order valence-electron chi connectivity index (χ3n) is 5.56. The van der Waals surface area contributed by atoms with Crippen LogP contribution in [0.4, 0.5) is 0 Å². The van der Waals surface area contributed by atoms with Gasteiger partial charge in [0.1, 0.15) is 41.1 Å². The van der Waals surface area contributed by atoms with Gasteiger partial charge in [0.25, 0.3) is 0 Å². The van der Waals surface area contributed by atoms with E-state index in [-0.39, 0.29) is 0 Å². The lowest BCUT2D eigenvalue weighted by Crippen LogP contribution is -2.08. The van der Waals surface area contributed by atoms with Crippen LogP contribution in [0.2, 0.25) is 0 Å². The molecule has 0 saturated carbocycles. The van der Waals surface area contributed by atoms with Crippen LogP contribution in [0.5, 0.6) is 28.7 Å². The molecule has 0 unspecified atom stereocenters. The first-order valence-electron chi connectivity index (χ1n) is 12.4. The van der Waals surface area contributed by atoms with Crippen LogP contribution in [-0.4, -0.2) is 18.9 Å². The maximum atomic E-state index is 5.94. The summed E-state index contributed by atoms with van der Waals surface area (Å²) in [7, 11) is 0. The first-order chi connectivity index (χ1) is 18.8. The van der Waals surface area contributed by atoms with Gasteiger partial charge in [0.15, 0.2) is 6.61 Å². The number of oxime groups is 1. The SMILES string of the molecule is c1ccc(OCCON=C(c2ccc(Oc3ccccc3)cc2)c2ccc(Oc3ccccc3)cc2)cc1. The van der Waals surface area contributed by atoms with Crippen LogP contribution in [0.1, 0.15) is 11.1 Å². The Bertz CT molecular complexity index is 1330. The number of ether oxygens (including phenoxy) is 3. The summed E-state index contributed by atoms with van der Waals surface area (Å²) in [4.78, 5) is 5.68. The molecule has 0 aliphatic heterocycles. The van der Waals surface area contributed by atoms with Crippen molar-refractivity contribution in [2.45, 2.75) is 0 Å². The third kappa shape index (κ3) is 7.02. The molecule has 0 N–H and O–H groups in total. The monoisotopic (exact) mass is 501 g/mol. The normalized spacial score (nSPS) is 10.3. The van der Waals surface area contributed by atoms with Gasteiger partial charge < -0.3 is 19.0 Å². The minimum Gasteiger partial charge on any atom is -0.490 e. The summed E-state index contributed by atoms with van der Waals surface area (Å²) in [5.41, 5.74) is 2.49. The average Bonchev–Trinajstić information content (AvgIpc) is 2.98. The van der Waals surface area contributed by atoms with E-state index in [1.165, 1.54) is 0 Å². The second-order valence-corrected chi connectivity index (χ2v) is 8.31. The number of nitrogens with zero attached hydrogens (tertiary/aromatic N) is 1. The van der Waals surface area contributed by atoms with Crippen LogP contribution < -0.4 is 14.2 Å². The largest absolute Gasteiger partial charge is 0.490 e. The zero-order valence-electron chi connectivity index (χ0n) is 20.8. The number of para-hydroxylation sites is 3. The summed E-state index contributed by atoms with van der Waals surface area (Å²) < 4.78 is 17.6. The summed E-state index contributed by atoms with van der Waals surface area (Å²) >= 11 is 0. The quantitative estimate of drug-likeness (QED) is 0.104. The molecule has 0 spiro atoms. The lowest BCUT2D eigenvalue weighted by Gasteiger charge is -2.11. The molecule has 0 saturated heterocycles. The Morgan fingerprint density at radius 2 is 0.816 bits per heavy atom. The molecule has 0 atom stereocenters. The van der Waals surface area contributed by atoms with Crippen molar-refractivity contribution in [3.05, 3.63) is 151 Å². The van der Waals surface area contributed by atoms with E-state index in [9.17, 15) is 0 Å². The summed E-state index contributed by atoms with van der Waals surface area (Å²) in [5, 5.41) is 4.48. The zero-order chi connectivity index (χ0) is 25.8. The summed E-state index contributed by atoms with van der Waals surface area (Å²) in [6.45, 7) is 0.692. The van der Waals surface area contributed by atoms with E-state index < -0.39 is 0 Å². The molecule has 0 aliphatic carbocycles. The molecule has 5 nitrogen and oxygen atoms in total. The van der Waals surface area contributed by atoms with E-state index in [0.29, 0.717) is 18.9 Å². The molecular weight excluding hydrogens is 474 g/mol. The van der Waals surface area contributed by atoms with Crippen LogP contribution in [0.15, 0.2) is 145 Å². The van der Waals surface area contributed by atoms with Crippen molar-refractivity contribution >= 4 is 5.71 Å². The number of hydrogen-bond acceptors (Lipinski definition) is 5. The molecule has 0 bridgehead atoms. The Hall–Kier alpha value is -5.03. The summed E-state index contributed by atoms with van der Waals surface area (Å²) in [6, 6.07) is 44.6. The molecule has 0 aliphatic rings. The lowest BCUT2D eigenvalue weighted by atomic mass is 10.0. The smallest absolute Gasteiger partial charge is 0.151 e. The van der Waals surface area contributed by atoms with E-state index in [1.807, 2.05) is 140 Å². The van der Waals surface area contributed by atoms with Gasteiger partial charge in [-0.05, 0) is 84.9 Å². The Morgan fingerprint density at radius 3 is 1.26 bits per heavy atom. The van der Waals surface area contributed by atoms with E-state index in [4.69, 9.17) is 19.0 Å². The van der Waals surface area contributed by atoms with Crippen molar-refractivity contribution in [2.75, 3.05) is 13.2 Å². The molecule has 5 aromatic carbocycles. The van der Waals surface area contributed by atoms with Gasteiger partial charge in [-0.2, -0.15) is 0 Å². The topological polar surface area (TPSA) is 49.3 Å². The number of benzene rings is 5. The Labute approximate surface area is 222 Å². The second kappa shape index (κ2) is 12.8. The molecule has 38 heavy (non-hydrogen) atoms. The van der Waals surface area contributed by atoms with Crippen LogP contribution in [0, 0.1) is 0 Å². The third-order valence-corrected chi connectivity index (χ3v) is 5.56. The lowest BCUT2D eigenvalue weighted by molar-refractivity contribution is 0.107. The zero-order valence-corrected chi connectivity index (χ0v) is 20.8. The highest BCUT2D eigenvalue weighted by Crippen LogP contribution is 2.25. The molecule has 5 heteroatoms. The van der Waals surface area contributed by atoms with Crippen molar-refractivity contribution in [1.82, 2.24) is 0 Å². The molecular formula is C33H27NO4. The standard InChI is InChI=1S/C33H27NO4/c1-4-10-28(11-5-1)35-24-25-36-34-33(26-16-20-31(21-17-26)37-29-12-6-2-7-13-29)27-18-22-32(23-19-27)38-30-14-8-3-9-15-30/h1-23H,24-25H2. The first-order valence-corrected chi connectivity index (χ1v) is 12.4. The summed E-state index contributed by atoms with van der Waals surface area (Å²) in [5.74, 6) is 3.84. The van der Waals surface area contributed by atoms with Crippen LogP contribution in [0.3, 0.4) is 0 Å². The van der Waals surface area contributed by atoms with Gasteiger partial charge in [0.05, 0.1) is 0 Å². The van der Waals surface area contributed by atoms with Gasteiger partial charge in [0.2, 0.25) is 0 Å². The maximum absolute atomic E-state index is 5.94. The van der Waals surface area contributed by atoms with Crippen LogP contribution >= 0.6 is 0 Å². The molecule has 0 amide bonds. The minimum absolute atomic E-state index is 0.308. The Morgan fingerprint density at radius 1 is 0.421 bits per heavy atom. The Kier molecular flexibility index (Phi) is 8.30. The molecule has 188 valence electrons. The fourth-order valence-electron chi connectivity index (χ4n) is 3.71. The van der Waals surface area contributed by atoms with Crippen molar-refractivity contribution in [3.63, 3.8) is 0 Å². The first kappa shape index (κ1) is 24.7. The molecule has 5 rings (SSSR count). The molecule has 5 aromatic rings.